The van der Waals surface area contributed by atoms with Gasteiger partial charge in [-0.3, -0.25) is 9.59 Å². The van der Waals surface area contributed by atoms with Crippen LogP contribution in [0.25, 0.3) is 43.3 Å². The van der Waals surface area contributed by atoms with Crippen LogP contribution in [-0.4, -0.2) is 86.0 Å². The van der Waals surface area contributed by atoms with Gasteiger partial charge in [-0.2, -0.15) is 0 Å². The smallest absolute Gasteiger partial charge is 0.407 e. The third-order valence-corrected chi connectivity index (χ3v) is 12.4. The topological polar surface area (TPSA) is 190 Å². The zero-order valence-electron chi connectivity index (χ0n) is 33.8. The number of aromatic nitrogens is 5. The van der Waals surface area contributed by atoms with Crippen molar-refractivity contribution in [1.29, 1.82) is 0 Å². The number of hydrogen-bond acceptors (Lipinski definition) is 9. The summed E-state index contributed by atoms with van der Waals surface area (Å²) >= 11 is 1.64. The van der Waals surface area contributed by atoms with Gasteiger partial charge in [-0.25, -0.2) is 19.6 Å². The van der Waals surface area contributed by atoms with Gasteiger partial charge in [0.1, 0.15) is 29.8 Å². The summed E-state index contributed by atoms with van der Waals surface area (Å²) in [6.45, 7) is 0.920. The SMILES string of the molecule is COC(=O)NC(C(=O)N1CC=C[C@H]1c1ncc(-c2ccc(-c3cc4sc(-c5cnc([C@@H]6CCCN6C(=O)[C@H](NC(=O)OC)c6ccccc6)[nH]5)cc4[nH]3)cc2)[nH]1)c1ccccc1. The van der Waals surface area contributed by atoms with E-state index >= 15 is 0 Å². The number of amides is 4. The zero-order chi connectivity index (χ0) is 42.7. The first-order valence-corrected chi connectivity index (χ1v) is 21.0. The van der Waals surface area contributed by atoms with E-state index in [1.807, 2.05) is 79.0 Å². The lowest BCUT2D eigenvalue weighted by Gasteiger charge is -2.28. The molecule has 0 bridgehead atoms. The maximum atomic E-state index is 13.9. The molecule has 0 radical (unpaired) electrons. The van der Waals surface area contributed by atoms with Crippen molar-refractivity contribution < 1.29 is 28.7 Å². The van der Waals surface area contributed by atoms with E-state index < -0.39 is 30.3 Å². The average molecular weight is 850 g/mol. The van der Waals surface area contributed by atoms with Crippen LogP contribution in [0.2, 0.25) is 0 Å². The van der Waals surface area contributed by atoms with Crippen LogP contribution in [0.3, 0.4) is 0 Å². The first-order valence-electron chi connectivity index (χ1n) is 20.2. The number of ether oxygens (including phenoxy) is 2. The Kier molecular flexibility index (Phi) is 11.1. The molecular weight excluding hydrogens is 807 g/mol. The van der Waals surface area contributed by atoms with Crippen LogP contribution in [0.5, 0.6) is 0 Å². The molecule has 1 saturated heterocycles. The molecule has 1 unspecified atom stereocenters. The number of fused-ring (bicyclic) bond motifs is 1. The molecule has 6 heterocycles. The van der Waals surface area contributed by atoms with Crippen LogP contribution < -0.4 is 10.6 Å². The standard InChI is InChI=1S/C46H43N9O6S/c1-60-45(58)52-39(29-11-5-3-6-12-29)43(56)54-21-9-15-35(54)41-47-25-33(50-41)28-19-17-27(18-20-28)31-23-37-32(49-31)24-38(62-37)34-26-48-42(51-34)36-16-10-22-55(36)44(57)40(53-46(59)61-2)30-13-7-4-8-14-30/h3-9,11-15,17-20,23-26,35-36,39-40,49H,10,16,21-22H2,1-2H3,(H,47,50)(H,48,51)(H,52,58)(H,53,59)/t35-,36-,39?,40+/m0/s1. The van der Waals surface area contributed by atoms with E-state index in [4.69, 9.17) is 14.5 Å². The second-order valence-electron chi connectivity index (χ2n) is 15.0. The molecule has 4 atom stereocenters. The number of likely N-dealkylation sites (tertiary alicyclic amines) is 1. The van der Waals surface area contributed by atoms with Crippen LogP contribution in [-0.2, 0) is 19.1 Å². The first-order chi connectivity index (χ1) is 30.3. The third-order valence-electron chi connectivity index (χ3n) is 11.3. The van der Waals surface area contributed by atoms with E-state index in [2.05, 4.69) is 54.8 Å². The summed E-state index contributed by atoms with van der Waals surface area (Å²) in [5, 5.41) is 5.40. The first kappa shape index (κ1) is 40.0. The van der Waals surface area contributed by atoms with E-state index in [1.165, 1.54) is 14.2 Å². The van der Waals surface area contributed by atoms with Gasteiger partial charge >= 0.3 is 12.2 Å². The molecule has 2 aliphatic rings. The number of imidazole rings is 2. The highest BCUT2D eigenvalue weighted by atomic mass is 32.1. The molecule has 0 spiro atoms. The Labute approximate surface area is 360 Å². The normalized spacial score (nSPS) is 16.9. The number of thiophene rings is 1. The van der Waals surface area contributed by atoms with E-state index in [0.717, 1.165) is 56.1 Å². The van der Waals surface area contributed by atoms with Gasteiger partial charge in [0.2, 0.25) is 0 Å². The van der Waals surface area contributed by atoms with Gasteiger partial charge < -0.3 is 44.9 Å². The van der Waals surface area contributed by atoms with Gasteiger partial charge in [-0.1, -0.05) is 97.1 Å². The number of rotatable bonds is 11. The Hall–Kier alpha value is -7.46. The Morgan fingerprint density at radius 1 is 0.710 bits per heavy atom. The van der Waals surface area contributed by atoms with Crippen molar-refractivity contribution >= 4 is 45.6 Å². The van der Waals surface area contributed by atoms with Crippen molar-refractivity contribution in [1.82, 2.24) is 45.4 Å². The molecule has 7 aromatic rings. The van der Waals surface area contributed by atoms with Crippen molar-refractivity contribution in [3.05, 3.63) is 144 Å². The van der Waals surface area contributed by atoms with Crippen LogP contribution in [0.1, 0.15) is 59.8 Å². The van der Waals surface area contributed by atoms with E-state index in [-0.39, 0.29) is 17.9 Å². The molecule has 15 nitrogen and oxygen atoms in total. The number of nitrogens with one attached hydrogen (secondary N) is 5. The maximum absolute atomic E-state index is 13.9. The van der Waals surface area contributed by atoms with Gasteiger partial charge in [-0.05, 0) is 47.2 Å². The summed E-state index contributed by atoms with van der Waals surface area (Å²) in [6.07, 6.45) is 7.62. The number of nitrogens with zero attached hydrogens (tertiary/aromatic N) is 4. The summed E-state index contributed by atoms with van der Waals surface area (Å²) in [5.41, 5.74) is 6.92. The average Bonchev–Trinajstić information content (AvgIpc) is 4.17. The van der Waals surface area contributed by atoms with Gasteiger partial charge in [0.05, 0.1) is 59.1 Å². The number of methoxy groups -OCH3 is 2. The fourth-order valence-electron chi connectivity index (χ4n) is 8.16. The van der Waals surface area contributed by atoms with E-state index in [9.17, 15) is 19.2 Å². The van der Waals surface area contributed by atoms with Crippen molar-refractivity contribution in [2.45, 2.75) is 37.0 Å². The van der Waals surface area contributed by atoms with Crippen LogP contribution >= 0.6 is 11.3 Å². The van der Waals surface area contributed by atoms with E-state index in [1.54, 1.807) is 39.5 Å². The van der Waals surface area contributed by atoms with E-state index in [0.29, 0.717) is 35.9 Å². The molecule has 0 aliphatic carbocycles. The molecule has 4 amide bonds. The number of aromatic amines is 3. The Balaban J connectivity index is 0.870. The Morgan fingerprint density at radius 2 is 1.29 bits per heavy atom. The lowest BCUT2D eigenvalue weighted by molar-refractivity contribution is -0.135. The number of alkyl carbamates (subject to hydrolysis) is 2. The minimum Gasteiger partial charge on any atom is -0.453 e. The second-order valence-corrected chi connectivity index (χ2v) is 16.1. The third kappa shape index (κ3) is 7.94. The van der Waals surface area contributed by atoms with Crippen molar-refractivity contribution in [2.75, 3.05) is 27.3 Å². The molecule has 5 N–H and O–H groups in total. The number of carbonyl (C=O) groups is 4. The molecule has 4 aromatic heterocycles. The molecule has 3 aromatic carbocycles. The van der Waals surface area contributed by atoms with Crippen LogP contribution in [0.15, 0.2) is 122 Å². The largest absolute Gasteiger partial charge is 0.453 e. The Morgan fingerprint density at radius 3 is 1.92 bits per heavy atom. The van der Waals surface area contributed by atoms with Crippen LogP contribution in [0, 0.1) is 0 Å². The monoisotopic (exact) mass is 849 g/mol. The fraction of sp³-hybridized carbons (Fsp3) is 0.217. The van der Waals surface area contributed by atoms with Crippen molar-refractivity contribution in [3.63, 3.8) is 0 Å². The quantitative estimate of drug-likeness (QED) is 0.0810. The maximum Gasteiger partial charge on any atom is 0.407 e. The summed E-state index contributed by atoms with van der Waals surface area (Å²) in [4.78, 5) is 76.6. The molecule has 16 heteroatoms. The molecule has 9 rings (SSSR count). The molecule has 314 valence electrons. The lowest BCUT2D eigenvalue weighted by atomic mass is 10.1. The van der Waals surface area contributed by atoms with Crippen molar-refractivity contribution in [2.24, 2.45) is 0 Å². The molecule has 1 fully saturated rings. The lowest BCUT2D eigenvalue weighted by Crippen LogP contribution is -2.43. The molecule has 0 saturated carbocycles. The van der Waals surface area contributed by atoms with Crippen LogP contribution in [0.4, 0.5) is 9.59 Å². The zero-order valence-corrected chi connectivity index (χ0v) is 34.6. The highest BCUT2D eigenvalue weighted by Gasteiger charge is 2.38. The van der Waals surface area contributed by atoms with Crippen molar-refractivity contribution in [3.8, 4) is 33.1 Å². The minimum absolute atomic E-state index is 0.215. The summed E-state index contributed by atoms with van der Waals surface area (Å²) in [7, 11) is 2.55. The van der Waals surface area contributed by atoms with Gasteiger partial charge in [0.25, 0.3) is 11.8 Å². The summed E-state index contributed by atoms with van der Waals surface area (Å²) < 4.78 is 10.7. The molecule has 62 heavy (non-hydrogen) atoms. The minimum atomic E-state index is -0.924. The highest BCUT2D eigenvalue weighted by Crippen LogP contribution is 2.39. The van der Waals surface area contributed by atoms with Gasteiger partial charge in [0.15, 0.2) is 0 Å². The summed E-state index contributed by atoms with van der Waals surface area (Å²) in [6, 6.07) is 28.1. The summed E-state index contributed by atoms with van der Waals surface area (Å²) in [5.74, 6) is 0.820. The number of carbonyl (C=O) groups excluding carboxylic acids is 4. The number of H-pyrrole nitrogens is 3. The van der Waals surface area contributed by atoms with Gasteiger partial charge in [0, 0.05) is 18.8 Å². The fourth-order valence-corrected chi connectivity index (χ4v) is 9.18. The highest BCUT2D eigenvalue weighted by molar-refractivity contribution is 7.22. The molecular formula is C46H43N9O6S. The number of hydrogen-bond donors (Lipinski definition) is 5. The predicted octanol–water partition coefficient (Wildman–Crippen LogP) is 7.97. The predicted molar refractivity (Wildman–Crippen MR) is 234 cm³/mol. The Bertz CT molecular complexity index is 2730. The second kappa shape index (κ2) is 17.3. The molecule has 2 aliphatic heterocycles. The number of benzene rings is 3. The van der Waals surface area contributed by atoms with Gasteiger partial charge in [-0.15, -0.1) is 11.3 Å².